The van der Waals surface area contributed by atoms with Gasteiger partial charge in [0.15, 0.2) is 0 Å². The predicted octanol–water partition coefficient (Wildman–Crippen LogP) is 4.09. The molecule has 1 rings (SSSR count). The molecule has 0 saturated heterocycles. The van der Waals surface area contributed by atoms with Gasteiger partial charge in [0.1, 0.15) is 11.9 Å². The van der Waals surface area contributed by atoms with Gasteiger partial charge in [-0.3, -0.25) is 0 Å². The minimum atomic E-state index is -1.08. The molecule has 0 bridgehead atoms. The van der Waals surface area contributed by atoms with E-state index in [0.717, 1.165) is 0 Å². The fraction of sp³-hybridized carbons (Fsp3) is 0.500. The second kappa shape index (κ2) is 5.65. The van der Waals surface area contributed by atoms with Crippen molar-refractivity contribution in [3.63, 3.8) is 0 Å². The highest BCUT2D eigenvalue weighted by molar-refractivity contribution is 9.10. The van der Waals surface area contributed by atoms with E-state index in [9.17, 15) is 9.50 Å². The zero-order valence-electron chi connectivity index (χ0n) is 9.93. The number of halogens is 3. The number of rotatable bonds is 4. The third kappa shape index (κ3) is 3.19. The maximum absolute atomic E-state index is 13.9. The number of hydrogen-bond donors (Lipinski definition) is 1. The molecule has 1 N–H and O–H groups in total. The summed E-state index contributed by atoms with van der Waals surface area (Å²) >= 11 is 8.91. The van der Waals surface area contributed by atoms with Gasteiger partial charge in [-0.15, -0.1) is 0 Å². The molecule has 1 unspecified atom stereocenters. The number of benzene rings is 1. The van der Waals surface area contributed by atoms with E-state index in [1.165, 1.54) is 6.07 Å². The van der Waals surface area contributed by atoms with Gasteiger partial charge < -0.3 is 9.84 Å². The second-order valence-corrected chi connectivity index (χ2v) is 5.44. The standard InChI is InChI=1S/C12H15BrClFO2/c1-4-17-12(2,3)11(16)7-5-6-8(13)9(14)10(7)15/h5-6,11,16H,4H2,1-3H3. The molecule has 1 aromatic rings. The third-order valence-electron chi connectivity index (χ3n) is 2.53. The Kier molecular flexibility index (Phi) is 4.95. The zero-order valence-corrected chi connectivity index (χ0v) is 12.3. The lowest BCUT2D eigenvalue weighted by Crippen LogP contribution is -2.33. The Labute approximate surface area is 114 Å². The number of aliphatic hydroxyl groups excluding tert-OH is 1. The topological polar surface area (TPSA) is 29.5 Å². The third-order valence-corrected chi connectivity index (χ3v) is 3.79. The lowest BCUT2D eigenvalue weighted by Gasteiger charge is -2.31. The predicted molar refractivity (Wildman–Crippen MR) is 69.8 cm³/mol. The molecule has 17 heavy (non-hydrogen) atoms. The summed E-state index contributed by atoms with van der Waals surface area (Å²) < 4.78 is 19.8. The molecule has 0 aliphatic rings. The van der Waals surface area contributed by atoms with Gasteiger partial charge in [0.25, 0.3) is 0 Å². The fourth-order valence-corrected chi connectivity index (χ4v) is 2.06. The number of hydrogen-bond acceptors (Lipinski definition) is 2. The summed E-state index contributed by atoms with van der Waals surface area (Å²) in [5.74, 6) is -0.624. The van der Waals surface area contributed by atoms with Gasteiger partial charge in [-0.2, -0.15) is 0 Å². The molecule has 0 saturated carbocycles. The molecule has 0 heterocycles. The molecule has 0 radical (unpaired) electrons. The summed E-state index contributed by atoms with van der Waals surface area (Å²) in [4.78, 5) is 0. The normalized spacial score (nSPS) is 13.8. The van der Waals surface area contributed by atoms with E-state index in [0.29, 0.717) is 11.1 Å². The van der Waals surface area contributed by atoms with Crippen molar-refractivity contribution in [1.29, 1.82) is 0 Å². The van der Waals surface area contributed by atoms with Gasteiger partial charge in [0.05, 0.1) is 10.6 Å². The van der Waals surface area contributed by atoms with Crippen LogP contribution >= 0.6 is 27.5 Å². The van der Waals surface area contributed by atoms with Crippen molar-refractivity contribution in [2.75, 3.05) is 6.61 Å². The Bertz CT molecular complexity index is 410. The first-order valence-corrected chi connectivity index (χ1v) is 6.43. The first-order valence-electron chi connectivity index (χ1n) is 5.26. The Morgan fingerprint density at radius 2 is 2.12 bits per heavy atom. The Morgan fingerprint density at radius 3 is 2.65 bits per heavy atom. The van der Waals surface area contributed by atoms with Crippen molar-refractivity contribution in [2.24, 2.45) is 0 Å². The summed E-state index contributed by atoms with van der Waals surface area (Å²) in [5, 5.41) is 10.1. The molecule has 0 spiro atoms. The molecule has 1 aromatic carbocycles. The fourth-order valence-electron chi connectivity index (χ4n) is 1.58. The second-order valence-electron chi connectivity index (χ2n) is 4.20. The maximum atomic E-state index is 13.9. The first-order chi connectivity index (χ1) is 7.81. The van der Waals surface area contributed by atoms with Gasteiger partial charge in [0, 0.05) is 16.6 Å². The molecule has 2 nitrogen and oxygen atoms in total. The van der Waals surface area contributed by atoms with Gasteiger partial charge in [0.2, 0.25) is 0 Å². The van der Waals surface area contributed by atoms with E-state index in [-0.39, 0.29) is 10.6 Å². The Morgan fingerprint density at radius 1 is 1.53 bits per heavy atom. The van der Waals surface area contributed by atoms with Gasteiger partial charge >= 0.3 is 0 Å². The number of aliphatic hydroxyl groups is 1. The maximum Gasteiger partial charge on any atom is 0.148 e. The SMILES string of the molecule is CCOC(C)(C)C(O)c1ccc(Br)c(Cl)c1F. The van der Waals surface area contributed by atoms with E-state index < -0.39 is 17.5 Å². The van der Waals surface area contributed by atoms with Crippen molar-refractivity contribution >= 4 is 27.5 Å². The molecule has 0 aromatic heterocycles. The molecule has 0 fully saturated rings. The van der Waals surface area contributed by atoms with Crippen LogP contribution in [0, 0.1) is 5.82 Å². The molecular formula is C12H15BrClFO2. The molecule has 0 aliphatic heterocycles. The van der Waals surface area contributed by atoms with Crippen molar-refractivity contribution in [1.82, 2.24) is 0 Å². The Hall–Kier alpha value is -0.160. The van der Waals surface area contributed by atoms with Crippen LogP contribution in [-0.2, 0) is 4.74 Å². The van der Waals surface area contributed by atoms with Crippen LogP contribution in [0.25, 0.3) is 0 Å². The molecule has 5 heteroatoms. The zero-order chi connectivity index (χ0) is 13.2. The molecule has 96 valence electrons. The van der Waals surface area contributed by atoms with E-state index in [2.05, 4.69) is 15.9 Å². The molecule has 0 amide bonds. The highest BCUT2D eigenvalue weighted by Crippen LogP contribution is 2.35. The lowest BCUT2D eigenvalue weighted by molar-refractivity contribution is -0.0994. The van der Waals surface area contributed by atoms with Crippen LogP contribution in [0.5, 0.6) is 0 Å². The van der Waals surface area contributed by atoms with E-state index >= 15 is 0 Å². The van der Waals surface area contributed by atoms with Crippen LogP contribution in [0.15, 0.2) is 16.6 Å². The van der Waals surface area contributed by atoms with Crippen LogP contribution < -0.4 is 0 Å². The van der Waals surface area contributed by atoms with Crippen molar-refractivity contribution in [3.8, 4) is 0 Å². The van der Waals surface area contributed by atoms with E-state index in [1.807, 2.05) is 6.92 Å². The average Bonchev–Trinajstić information content (AvgIpc) is 2.25. The van der Waals surface area contributed by atoms with E-state index in [4.69, 9.17) is 16.3 Å². The average molecular weight is 326 g/mol. The van der Waals surface area contributed by atoms with Gasteiger partial charge in [-0.05, 0) is 42.8 Å². The highest BCUT2D eigenvalue weighted by Gasteiger charge is 2.32. The van der Waals surface area contributed by atoms with Gasteiger partial charge in [-0.1, -0.05) is 17.7 Å². The largest absolute Gasteiger partial charge is 0.385 e. The Balaban J connectivity index is 3.13. The minimum absolute atomic E-state index is 0.0335. The molecule has 0 aliphatic carbocycles. The minimum Gasteiger partial charge on any atom is -0.385 e. The van der Waals surface area contributed by atoms with Crippen molar-refractivity contribution in [2.45, 2.75) is 32.5 Å². The molecule has 1 atom stereocenters. The monoisotopic (exact) mass is 324 g/mol. The summed E-state index contributed by atoms with van der Waals surface area (Å²) in [5.41, 5.74) is -0.733. The van der Waals surface area contributed by atoms with Crippen molar-refractivity contribution < 1.29 is 14.2 Å². The first kappa shape index (κ1) is 14.9. The lowest BCUT2D eigenvalue weighted by atomic mass is 9.94. The van der Waals surface area contributed by atoms with Crippen LogP contribution in [0.4, 0.5) is 4.39 Å². The van der Waals surface area contributed by atoms with Crippen LogP contribution in [0.2, 0.25) is 5.02 Å². The summed E-state index contributed by atoms with van der Waals surface area (Å²) in [6, 6.07) is 3.10. The summed E-state index contributed by atoms with van der Waals surface area (Å²) in [6.45, 7) is 5.67. The van der Waals surface area contributed by atoms with Crippen molar-refractivity contribution in [3.05, 3.63) is 33.0 Å². The van der Waals surface area contributed by atoms with Crippen LogP contribution in [0.3, 0.4) is 0 Å². The van der Waals surface area contributed by atoms with Crippen LogP contribution in [0.1, 0.15) is 32.4 Å². The van der Waals surface area contributed by atoms with E-state index in [1.54, 1.807) is 19.9 Å². The van der Waals surface area contributed by atoms with Crippen LogP contribution in [-0.4, -0.2) is 17.3 Å². The van der Waals surface area contributed by atoms with Gasteiger partial charge in [-0.25, -0.2) is 4.39 Å². The summed E-state index contributed by atoms with van der Waals surface area (Å²) in [6.07, 6.45) is -1.08. The quantitative estimate of drug-likeness (QED) is 0.845. The summed E-state index contributed by atoms with van der Waals surface area (Å²) in [7, 11) is 0. The molecular weight excluding hydrogens is 310 g/mol. The smallest absolute Gasteiger partial charge is 0.148 e. The highest BCUT2D eigenvalue weighted by atomic mass is 79.9. The number of ether oxygens (including phenoxy) is 1.